The van der Waals surface area contributed by atoms with Gasteiger partial charge in [0.2, 0.25) is 5.91 Å². The van der Waals surface area contributed by atoms with E-state index in [-0.39, 0.29) is 24.2 Å². The van der Waals surface area contributed by atoms with E-state index in [2.05, 4.69) is 15.8 Å². The van der Waals surface area contributed by atoms with Gasteiger partial charge in [-0.25, -0.2) is 4.98 Å². The average molecular weight is 435 g/mol. The molecular weight excluding hydrogens is 419 g/mol. The number of nitro benzene ring substituents is 1. The number of rotatable bonds is 6. The molecule has 1 heterocycles. The van der Waals surface area contributed by atoms with Crippen LogP contribution in [0, 0.1) is 17.0 Å². The first kappa shape index (κ1) is 21.7. The molecule has 0 saturated carbocycles. The van der Waals surface area contributed by atoms with Gasteiger partial charge in [0.1, 0.15) is 5.69 Å². The molecule has 3 aromatic rings. The molecule has 0 fully saturated rings. The van der Waals surface area contributed by atoms with Crippen LogP contribution in [0.2, 0.25) is 0 Å². The number of anilines is 1. The number of benzene rings is 2. The van der Waals surface area contributed by atoms with Crippen LogP contribution in [-0.4, -0.2) is 20.4 Å². The van der Waals surface area contributed by atoms with E-state index < -0.39 is 28.3 Å². The fourth-order valence-corrected chi connectivity index (χ4v) is 2.88. The minimum Gasteiger partial charge on any atom is -0.298 e. The summed E-state index contributed by atoms with van der Waals surface area (Å²) in [6.07, 6.45) is -3.61. The van der Waals surface area contributed by atoms with Crippen LogP contribution in [0.5, 0.6) is 0 Å². The second-order valence-corrected chi connectivity index (χ2v) is 6.62. The van der Waals surface area contributed by atoms with E-state index in [4.69, 9.17) is 0 Å². The van der Waals surface area contributed by atoms with E-state index in [1.54, 1.807) is 12.1 Å². The predicted molar refractivity (Wildman–Crippen MR) is 105 cm³/mol. The highest BCUT2D eigenvalue weighted by molar-refractivity contribution is 5.81. The molecule has 12 heteroatoms. The van der Waals surface area contributed by atoms with Crippen molar-refractivity contribution < 1.29 is 22.9 Å². The van der Waals surface area contributed by atoms with Crippen LogP contribution in [0.15, 0.2) is 47.5 Å². The Kier molecular flexibility index (Phi) is 5.90. The summed E-state index contributed by atoms with van der Waals surface area (Å²) in [6, 6.07) is 7.04. The lowest BCUT2D eigenvalue weighted by molar-refractivity contribution is -0.384. The molecule has 0 atom stereocenters. The van der Waals surface area contributed by atoms with Crippen LogP contribution in [0.1, 0.15) is 17.5 Å². The first-order valence-corrected chi connectivity index (χ1v) is 8.93. The number of carbonyl (C=O) groups is 1. The van der Waals surface area contributed by atoms with Crippen LogP contribution in [0.25, 0.3) is 10.9 Å². The fourth-order valence-electron chi connectivity index (χ4n) is 2.88. The van der Waals surface area contributed by atoms with Crippen molar-refractivity contribution in [3.8, 4) is 0 Å². The van der Waals surface area contributed by atoms with Crippen LogP contribution in [0.4, 0.5) is 24.5 Å². The van der Waals surface area contributed by atoms with E-state index in [1.165, 1.54) is 10.9 Å². The fraction of sp³-hybridized carbons (Fsp3) is 0.211. The number of nitrogens with zero attached hydrogens (tertiary/aromatic N) is 3. The summed E-state index contributed by atoms with van der Waals surface area (Å²) in [5.74, 6) is -0.634. The summed E-state index contributed by atoms with van der Waals surface area (Å²) in [5, 5.41) is 11.5. The lowest BCUT2D eigenvalue weighted by atomic mass is 10.1. The molecule has 0 aliphatic carbocycles. The zero-order chi connectivity index (χ0) is 22.8. The van der Waals surface area contributed by atoms with Gasteiger partial charge in [-0.3, -0.25) is 35.1 Å². The number of aryl methyl sites for hydroxylation is 2. The van der Waals surface area contributed by atoms with Gasteiger partial charge in [-0.15, -0.1) is 0 Å². The number of nitro groups is 1. The van der Waals surface area contributed by atoms with Gasteiger partial charge < -0.3 is 0 Å². The summed E-state index contributed by atoms with van der Waals surface area (Å²) in [6.45, 7) is 1.80. The molecule has 0 aliphatic heterocycles. The van der Waals surface area contributed by atoms with Crippen LogP contribution in [-0.2, 0) is 17.5 Å². The lowest BCUT2D eigenvalue weighted by Crippen LogP contribution is -2.31. The summed E-state index contributed by atoms with van der Waals surface area (Å²) < 4.78 is 39.5. The second-order valence-electron chi connectivity index (χ2n) is 6.62. The van der Waals surface area contributed by atoms with Crippen LogP contribution < -0.4 is 16.4 Å². The maximum atomic E-state index is 12.7. The summed E-state index contributed by atoms with van der Waals surface area (Å²) in [5.41, 5.74) is 3.15. The van der Waals surface area contributed by atoms with Gasteiger partial charge in [-0.05, 0) is 30.7 Å². The molecule has 31 heavy (non-hydrogen) atoms. The molecule has 0 spiro atoms. The Balaban J connectivity index is 1.67. The SMILES string of the molecule is Cc1cccc2c(=O)n(CCC(=O)NNc3ccc(C(F)(F)F)cc3[N+](=O)[O-])cnc12. The van der Waals surface area contributed by atoms with E-state index in [0.717, 1.165) is 11.6 Å². The molecule has 2 aromatic carbocycles. The van der Waals surface area contributed by atoms with Crippen molar-refractivity contribution in [1.29, 1.82) is 0 Å². The highest BCUT2D eigenvalue weighted by atomic mass is 19.4. The number of carbonyl (C=O) groups excluding carboxylic acids is 1. The molecule has 9 nitrogen and oxygen atoms in total. The number of nitrogens with one attached hydrogen (secondary N) is 2. The number of halogens is 3. The number of alkyl halides is 3. The molecule has 0 radical (unpaired) electrons. The normalized spacial score (nSPS) is 11.4. The minimum atomic E-state index is -4.74. The molecule has 0 unspecified atom stereocenters. The van der Waals surface area contributed by atoms with E-state index in [9.17, 15) is 32.9 Å². The Labute approximate surface area is 172 Å². The Hall–Kier alpha value is -3.96. The standard InChI is InChI=1S/C19H16F3N5O4/c1-11-3-2-4-13-17(11)23-10-26(18(13)29)8-7-16(28)25-24-14-6-5-12(19(20,21)22)9-15(14)27(30)31/h2-6,9-10,24H,7-8H2,1H3,(H,25,28). The first-order valence-electron chi connectivity index (χ1n) is 8.93. The van der Waals surface area contributed by atoms with E-state index in [0.29, 0.717) is 23.0 Å². The molecule has 1 aromatic heterocycles. The summed E-state index contributed by atoms with van der Waals surface area (Å²) in [4.78, 5) is 38.9. The van der Waals surface area contributed by atoms with Crippen molar-refractivity contribution >= 4 is 28.2 Å². The van der Waals surface area contributed by atoms with E-state index >= 15 is 0 Å². The Morgan fingerprint density at radius 2 is 2.00 bits per heavy atom. The third-order valence-electron chi connectivity index (χ3n) is 4.49. The number of amides is 1. The van der Waals surface area contributed by atoms with Crippen LogP contribution in [0.3, 0.4) is 0 Å². The molecule has 0 bridgehead atoms. The number of hydrogen-bond donors (Lipinski definition) is 2. The Morgan fingerprint density at radius 3 is 2.68 bits per heavy atom. The maximum Gasteiger partial charge on any atom is 0.416 e. The third-order valence-corrected chi connectivity index (χ3v) is 4.49. The van der Waals surface area contributed by atoms with Crippen molar-refractivity contribution in [3.05, 3.63) is 74.3 Å². The van der Waals surface area contributed by atoms with Gasteiger partial charge in [-0.1, -0.05) is 12.1 Å². The number of hydrazine groups is 1. The van der Waals surface area contributed by atoms with Crippen LogP contribution >= 0.6 is 0 Å². The molecule has 2 N–H and O–H groups in total. The third kappa shape index (κ3) is 4.79. The molecule has 0 saturated heterocycles. The number of fused-ring (bicyclic) bond motifs is 1. The molecule has 0 aliphatic rings. The van der Waals surface area contributed by atoms with Gasteiger partial charge in [0, 0.05) is 19.0 Å². The lowest BCUT2D eigenvalue weighted by Gasteiger charge is -2.12. The number of aromatic nitrogens is 2. The zero-order valence-electron chi connectivity index (χ0n) is 16.1. The van der Waals surface area contributed by atoms with Crippen molar-refractivity contribution in [2.75, 3.05) is 5.43 Å². The Morgan fingerprint density at radius 1 is 1.26 bits per heavy atom. The van der Waals surface area contributed by atoms with Gasteiger partial charge in [0.15, 0.2) is 0 Å². The quantitative estimate of drug-likeness (QED) is 0.454. The molecule has 1 amide bonds. The Bertz CT molecular complexity index is 1220. The average Bonchev–Trinajstić information content (AvgIpc) is 2.71. The van der Waals surface area contributed by atoms with Crippen molar-refractivity contribution in [2.24, 2.45) is 0 Å². The monoisotopic (exact) mass is 435 g/mol. The summed E-state index contributed by atoms with van der Waals surface area (Å²) in [7, 11) is 0. The predicted octanol–water partition coefficient (Wildman–Crippen LogP) is 3.17. The minimum absolute atomic E-state index is 0.0155. The molecular formula is C19H16F3N5O4. The maximum absolute atomic E-state index is 12.7. The highest BCUT2D eigenvalue weighted by Crippen LogP contribution is 2.34. The van der Waals surface area contributed by atoms with Crippen molar-refractivity contribution in [2.45, 2.75) is 26.1 Å². The summed E-state index contributed by atoms with van der Waals surface area (Å²) >= 11 is 0. The van der Waals surface area contributed by atoms with Gasteiger partial charge in [0.25, 0.3) is 11.2 Å². The molecule has 162 valence electrons. The number of hydrogen-bond acceptors (Lipinski definition) is 6. The van der Waals surface area contributed by atoms with Gasteiger partial charge in [-0.2, -0.15) is 13.2 Å². The van der Waals surface area contributed by atoms with Gasteiger partial charge >= 0.3 is 6.18 Å². The van der Waals surface area contributed by atoms with Crippen molar-refractivity contribution in [3.63, 3.8) is 0 Å². The highest BCUT2D eigenvalue weighted by Gasteiger charge is 2.33. The van der Waals surface area contributed by atoms with Gasteiger partial charge in [0.05, 0.1) is 27.7 Å². The first-order chi connectivity index (χ1) is 14.6. The largest absolute Gasteiger partial charge is 0.416 e. The topological polar surface area (TPSA) is 119 Å². The van der Waals surface area contributed by atoms with E-state index in [1.807, 2.05) is 13.0 Å². The second kappa shape index (κ2) is 8.42. The smallest absolute Gasteiger partial charge is 0.298 e. The zero-order valence-corrected chi connectivity index (χ0v) is 16.1. The van der Waals surface area contributed by atoms with Crippen molar-refractivity contribution in [1.82, 2.24) is 15.0 Å². The number of para-hydroxylation sites is 1. The molecule has 3 rings (SSSR count).